The molecular formula is C15H21N3O2S. The molecule has 2 aromatic rings. The van der Waals surface area contributed by atoms with Crippen molar-refractivity contribution in [1.29, 1.82) is 0 Å². The van der Waals surface area contributed by atoms with Crippen LogP contribution in [0.15, 0.2) is 22.6 Å². The number of aliphatic hydroxyl groups is 1. The standard InChI is InChI=1S/C15H21N3O2S/c1-11-2-5-17(6-3-11)8-12(19)9-18-10-16-14-13(15(18)20)4-7-21-14/h4,7,10-12,19H,2-3,5-6,8-9H2,1H3/t12-/m1/s1. The van der Waals surface area contributed by atoms with E-state index in [0.717, 1.165) is 23.8 Å². The van der Waals surface area contributed by atoms with E-state index in [4.69, 9.17) is 0 Å². The normalized spacial score (nSPS) is 19.1. The monoisotopic (exact) mass is 307 g/mol. The smallest absolute Gasteiger partial charge is 0.262 e. The first kappa shape index (κ1) is 14.7. The molecule has 1 saturated heterocycles. The topological polar surface area (TPSA) is 58.4 Å². The molecule has 0 aromatic carbocycles. The summed E-state index contributed by atoms with van der Waals surface area (Å²) in [6.07, 6.45) is 3.39. The maximum absolute atomic E-state index is 12.3. The lowest BCUT2D eigenvalue weighted by molar-refractivity contribution is 0.0794. The van der Waals surface area contributed by atoms with E-state index in [2.05, 4.69) is 16.8 Å². The molecule has 1 fully saturated rings. The Morgan fingerprint density at radius 2 is 2.19 bits per heavy atom. The molecule has 6 heteroatoms. The van der Waals surface area contributed by atoms with Gasteiger partial charge in [-0.05, 0) is 43.3 Å². The molecule has 0 aliphatic carbocycles. The number of hydrogen-bond acceptors (Lipinski definition) is 5. The van der Waals surface area contributed by atoms with Crippen LogP contribution in [0.5, 0.6) is 0 Å². The minimum atomic E-state index is -0.533. The van der Waals surface area contributed by atoms with Crippen molar-refractivity contribution in [2.24, 2.45) is 5.92 Å². The summed E-state index contributed by atoms with van der Waals surface area (Å²) >= 11 is 1.46. The van der Waals surface area contributed by atoms with Crippen molar-refractivity contribution in [1.82, 2.24) is 14.5 Å². The Kier molecular flexibility index (Phi) is 4.37. The van der Waals surface area contributed by atoms with Gasteiger partial charge in [-0.1, -0.05) is 6.92 Å². The quantitative estimate of drug-likeness (QED) is 0.931. The molecular weight excluding hydrogens is 286 g/mol. The summed E-state index contributed by atoms with van der Waals surface area (Å²) < 4.78 is 1.52. The molecule has 3 rings (SSSR count). The van der Waals surface area contributed by atoms with Crippen molar-refractivity contribution in [3.8, 4) is 0 Å². The van der Waals surface area contributed by atoms with E-state index >= 15 is 0 Å². The van der Waals surface area contributed by atoms with Crippen LogP contribution in [-0.4, -0.2) is 45.3 Å². The second kappa shape index (κ2) is 6.25. The van der Waals surface area contributed by atoms with Gasteiger partial charge in [0.15, 0.2) is 0 Å². The molecule has 3 heterocycles. The van der Waals surface area contributed by atoms with Gasteiger partial charge in [-0.15, -0.1) is 11.3 Å². The number of fused-ring (bicyclic) bond motifs is 1. The number of aromatic nitrogens is 2. The van der Waals surface area contributed by atoms with E-state index in [1.807, 2.05) is 5.38 Å². The SMILES string of the molecule is CC1CCN(C[C@@H](O)Cn2cnc3sccc3c2=O)CC1. The van der Waals surface area contributed by atoms with E-state index in [9.17, 15) is 9.90 Å². The Bertz CT molecular complexity index is 658. The van der Waals surface area contributed by atoms with E-state index in [1.165, 1.54) is 28.7 Å². The molecule has 1 aliphatic rings. The number of hydrogen-bond donors (Lipinski definition) is 1. The number of piperidine rings is 1. The summed E-state index contributed by atoms with van der Waals surface area (Å²) in [6.45, 7) is 5.28. The summed E-state index contributed by atoms with van der Waals surface area (Å²) in [7, 11) is 0. The molecule has 1 atom stereocenters. The zero-order valence-electron chi connectivity index (χ0n) is 12.2. The van der Waals surface area contributed by atoms with Crippen molar-refractivity contribution in [3.63, 3.8) is 0 Å². The summed E-state index contributed by atoms with van der Waals surface area (Å²) in [5.41, 5.74) is -0.0624. The van der Waals surface area contributed by atoms with Crippen LogP contribution in [-0.2, 0) is 6.54 Å². The first-order chi connectivity index (χ1) is 10.1. The molecule has 114 valence electrons. The molecule has 0 saturated carbocycles. The van der Waals surface area contributed by atoms with Crippen LogP contribution in [0.3, 0.4) is 0 Å². The second-order valence-electron chi connectivity index (χ2n) is 5.98. The fourth-order valence-corrected chi connectivity index (χ4v) is 3.57. The second-order valence-corrected chi connectivity index (χ2v) is 6.87. The third-order valence-electron chi connectivity index (χ3n) is 4.20. The van der Waals surface area contributed by atoms with Crippen LogP contribution in [0, 0.1) is 5.92 Å². The Morgan fingerprint density at radius 3 is 2.95 bits per heavy atom. The van der Waals surface area contributed by atoms with Crippen molar-refractivity contribution in [2.75, 3.05) is 19.6 Å². The van der Waals surface area contributed by atoms with Crippen molar-refractivity contribution in [3.05, 3.63) is 28.1 Å². The Balaban J connectivity index is 1.64. The molecule has 0 spiro atoms. The van der Waals surface area contributed by atoms with Gasteiger partial charge in [0.05, 0.1) is 24.4 Å². The van der Waals surface area contributed by atoms with Crippen molar-refractivity contribution in [2.45, 2.75) is 32.4 Å². The number of aliphatic hydroxyl groups excluding tert-OH is 1. The van der Waals surface area contributed by atoms with Gasteiger partial charge in [-0.3, -0.25) is 9.36 Å². The van der Waals surface area contributed by atoms with Crippen LogP contribution in [0.4, 0.5) is 0 Å². The zero-order chi connectivity index (χ0) is 14.8. The van der Waals surface area contributed by atoms with Gasteiger partial charge in [0.1, 0.15) is 4.83 Å². The lowest BCUT2D eigenvalue weighted by Gasteiger charge is -2.31. The minimum absolute atomic E-state index is 0.0624. The summed E-state index contributed by atoms with van der Waals surface area (Å²) in [4.78, 5) is 19.6. The maximum Gasteiger partial charge on any atom is 0.262 e. The number of β-amino-alcohol motifs (C(OH)–C–C–N with tert-alkyl or cyclic N) is 1. The van der Waals surface area contributed by atoms with Crippen molar-refractivity contribution >= 4 is 21.6 Å². The molecule has 1 N–H and O–H groups in total. The fourth-order valence-electron chi connectivity index (χ4n) is 2.85. The van der Waals surface area contributed by atoms with Crippen LogP contribution in [0.25, 0.3) is 10.2 Å². The first-order valence-electron chi connectivity index (χ1n) is 7.46. The van der Waals surface area contributed by atoms with E-state index in [-0.39, 0.29) is 5.56 Å². The third kappa shape index (κ3) is 3.33. The minimum Gasteiger partial charge on any atom is -0.390 e. The molecule has 5 nitrogen and oxygen atoms in total. The van der Waals surface area contributed by atoms with Gasteiger partial charge < -0.3 is 10.0 Å². The highest BCUT2D eigenvalue weighted by atomic mass is 32.1. The lowest BCUT2D eigenvalue weighted by atomic mass is 9.99. The number of likely N-dealkylation sites (tertiary alicyclic amines) is 1. The number of rotatable bonds is 4. The molecule has 0 amide bonds. The van der Waals surface area contributed by atoms with Crippen LogP contribution < -0.4 is 5.56 Å². The van der Waals surface area contributed by atoms with Gasteiger partial charge in [-0.2, -0.15) is 0 Å². The largest absolute Gasteiger partial charge is 0.390 e. The molecule has 0 radical (unpaired) electrons. The predicted octanol–water partition coefficient (Wildman–Crippen LogP) is 1.55. The number of thiophene rings is 1. The van der Waals surface area contributed by atoms with Gasteiger partial charge in [-0.25, -0.2) is 4.98 Å². The molecule has 1 aliphatic heterocycles. The zero-order valence-corrected chi connectivity index (χ0v) is 13.1. The van der Waals surface area contributed by atoms with Gasteiger partial charge in [0, 0.05) is 6.54 Å². The number of nitrogens with zero attached hydrogens (tertiary/aromatic N) is 3. The first-order valence-corrected chi connectivity index (χ1v) is 8.34. The summed E-state index contributed by atoms with van der Waals surface area (Å²) in [6, 6.07) is 1.80. The van der Waals surface area contributed by atoms with Gasteiger partial charge >= 0.3 is 0 Å². The van der Waals surface area contributed by atoms with Gasteiger partial charge in [0.25, 0.3) is 5.56 Å². The Hall–Kier alpha value is -1.24. The van der Waals surface area contributed by atoms with Crippen LogP contribution in [0.1, 0.15) is 19.8 Å². The van der Waals surface area contributed by atoms with Crippen molar-refractivity contribution < 1.29 is 5.11 Å². The lowest BCUT2D eigenvalue weighted by Crippen LogP contribution is -2.40. The maximum atomic E-state index is 12.3. The van der Waals surface area contributed by atoms with E-state index < -0.39 is 6.10 Å². The molecule has 0 bridgehead atoms. The molecule has 0 unspecified atom stereocenters. The Morgan fingerprint density at radius 1 is 1.43 bits per heavy atom. The summed E-state index contributed by atoms with van der Waals surface area (Å²) in [5.74, 6) is 0.784. The third-order valence-corrected chi connectivity index (χ3v) is 5.02. The molecule has 2 aromatic heterocycles. The average Bonchev–Trinajstić information content (AvgIpc) is 2.94. The fraction of sp³-hybridized carbons (Fsp3) is 0.600. The molecule has 21 heavy (non-hydrogen) atoms. The van der Waals surface area contributed by atoms with E-state index in [1.54, 1.807) is 12.4 Å². The predicted molar refractivity (Wildman–Crippen MR) is 84.7 cm³/mol. The highest BCUT2D eigenvalue weighted by molar-refractivity contribution is 7.16. The highest BCUT2D eigenvalue weighted by Crippen LogP contribution is 2.16. The van der Waals surface area contributed by atoms with Crippen LogP contribution in [0.2, 0.25) is 0 Å². The average molecular weight is 307 g/mol. The van der Waals surface area contributed by atoms with Crippen LogP contribution >= 0.6 is 11.3 Å². The highest BCUT2D eigenvalue weighted by Gasteiger charge is 2.19. The van der Waals surface area contributed by atoms with Gasteiger partial charge in [0.2, 0.25) is 0 Å². The van der Waals surface area contributed by atoms with E-state index in [0.29, 0.717) is 18.5 Å². The summed E-state index contributed by atoms with van der Waals surface area (Å²) in [5, 5.41) is 12.8. The Labute approximate surface area is 127 Å².